The molecule has 0 amide bonds. The maximum Gasteiger partial charge on any atom is 0.0104 e. The van der Waals surface area contributed by atoms with Crippen molar-refractivity contribution in [3.05, 3.63) is 0 Å². The van der Waals surface area contributed by atoms with Gasteiger partial charge in [0.25, 0.3) is 0 Å². The van der Waals surface area contributed by atoms with Gasteiger partial charge in [-0.25, -0.2) is 0 Å². The van der Waals surface area contributed by atoms with Crippen LogP contribution in [0.5, 0.6) is 0 Å². The van der Waals surface area contributed by atoms with E-state index in [4.69, 9.17) is 0 Å². The normalized spacial score (nSPS) is 49.9. The molecule has 0 atom stereocenters. The summed E-state index contributed by atoms with van der Waals surface area (Å²) in [5.74, 6) is 6.78. The highest BCUT2D eigenvalue weighted by atomic mass is 32.2. The molecule has 2 heteroatoms. The van der Waals surface area contributed by atoms with Crippen LogP contribution in [-0.2, 0) is 0 Å². The molecule has 0 nitrogen and oxygen atoms in total. The number of hydrogen-bond acceptors (Lipinski definition) is 2. The molecule has 0 unspecified atom stereocenters. The Hall–Kier alpha value is 0.700. The molecule has 4 aliphatic rings. The average molecular weight is 228 g/mol. The van der Waals surface area contributed by atoms with Crippen molar-refractivity contribution in [1.29, 1.82) is 0 Å². The van der Waals surface area contributed by atoms with Crippen LogP contribution in [-0.4, -0.2) is 16.8 Å². The lowest BCUT2D eigenvalue weighted by Crippen LogP contribution is -2.46. The standard InChI is InChI=1S/C12H20S2/c13-1-2-14-12-10-4-8-3-9(6-10)7-11(12)5-8/h8-13H,1-7H2. The fraction of sp³-hybridized carbons (Fsp3) is 1.00. The predicted octanol–water partition coefficient (Wildman–Crippen LogP) is 3.47. The van der Waals surface area contributed by atoms with Crippen molar-refractivity contribution in [2.24, 2.45) is 23.7 Å². The highest BCUT2D eigenvalue weighted by Crippen LogP contribution is 2.56. The van der Waals surface area contributed by atoms with E-state index in [0.717, 1.165) is 34.7 Å². The molecule has 4 bridgehead atoms. The first-order chi connectivity index (χ1) is 6.86. The summed E-state index contributed by atoms with van der Waals surface area (Å²) in [6.07, 6.45) is 7.85. The summed E-state index contributed by atoms with van der Waals surface area (Å²) in [6, 6.07) is 0. The van der Waals surface area contributed by atoms with E-state index in [1.165, 1.54) is 5.75 Å². The third-order valence-electron chi connectivity index (χ3n) is 4.54. The number of thiol groups is 1. The van der Waals surface area contributed by atoms with Crippen LogP contribution in [0.2, 0.25) is 0 Å². The first-order valence-corrected chi connectivity index (χ1v) is 7.77. The molecule has 4 aliphatic carbocycles. The van der Waals surface area contributed by atoms with E-state index in [1.807, 2.05) is 0 Å². The number of rotatable bonds is 3. The van der Waals surface area contributed by atoms with Gasteiger partial charge in [-0.2, -0.15) is 24.4 Å². The van der Waals surface area contributed by atoms with E-state index in [9.17, 15) is 0 Å². The molecule has 0 aromatic heterocycles. The van der Waals surface area contributed by atoms with Crippen LogP contribution in [0.3, 0.4) is 0 Å². The average Bonchev–Trinajstić information content (AvgIpc) is 2.15. The summed E-state index contributed by atoms with van der Waals surface area (Å²) < 4.78 is 0. The molecule has 0 aromatic rings. The minimum atomic E-state index is 1.02. The highest BCUT2D eigenvalue weighted by Gasteiger charge is 2.47. The SMILES string of the molecule is SCCSC1C2CC3CC(C2)CC1C3. The summed E-state index contributed by atoms with van der Waals surface area (Å²) in [4.78, 5) is 0. The molecule has 4 rings (SSSR count). The minimum absolute atomic E-state index is 1.02. The maximum absolute atomic E-state index is 4.33. The molecular weight excluding hydrogens is 208 g/mol. The van der Waals surface area contributed by atoms with Crippen LogP contribution in [0, 0.1) is 23.7 Å². The molecule has 0 aliphatic heterocycles. The van der Waals surface area contributed by atoms with Gasteiger partial charge in [-0.15, -0.1) is 0 Å². The third-order valence-corrected chi connectivity index (χ3v) is 6.66. The molecule has 0 saturated heterocycles. The molecule has 4 fully saturated rings. The molecule has 4 saturated carbocycles. The lowest BCUT2D eigenvalue weighted by molar-refractivity contribution is 0.0267. The van der Waals surface area contributed by atoms with Crippen molar-refractivity contribution >= 4 is 24.4 Å². The summed E-state index contributed by atoms with van der Waals surface area (Å²) in [5, 5.41) is 1.02. The van der Waals surface area contributed by atoms with Crippen LogP contribution in [0.1, 0.15) is 32.1 Å². The zero-order chi connectivity index (χ0) is 9.54. The van der Waals surface area contributed by atoms with Gasteiger partial charge >= 0.3 is 0 Å². The van der Waals surface area contributed by atoms with Gasteiger partial charge in [0.05, 0.1) is 0 Å². The van der Waals surface area contributed by atoms with E-state index >= 15 is 0 Å². The first kappa shape index (κ1) is 9.89. The molecule has 14 heavy (non-hydrogen) atoms. The van der Waals surface area contributed by atoms with Gasteiger partial charge in [0.15, 0.2) is 0 Å². The molecular formula is C12H20S2. The summed E-state index contributed by atoms with van der Waals surface area (Å²) in [7, 11) is 0. The van der Waals surface area contributed by atoms with Crippen molar-refractivity contribution in [3.8, 4) is 0 Å². The van der Waals surface area contributed by atoms with Crippen molar-refractivity contribution in [2.45, 2.75) is 37.4 Å². The van der Waals surface area contributed by atoms with Gasteiger partial charge in [0.2, 0.25) is 0 Å². The molecule has 0 N–H and O–H groups in total. The van der Waals surface area contributed by atoms with Gasteiger partial charge in [-0.3, -0.25) is 0 Å². The maximum atomic E-state index is 4.33. The fourth-order valence-electron chi connectivity index (χ4n) is 4.34. The van der Waals surface area contributed by atoms with E-state index in [2.05, 4.69) is 24.4 Å². The smallest absolute Gasteiger partial charge is 0.0104 e. The highest BCUT2D eigenvalue weighted by molar-refractivity contribution is 8.00. The molecule has 0 radical (unpaired) electrons. The van der Waals surface area contributed by atoms with Crippen molar-refractivity contribution < 1.29 is 0 Å². The van der Waals surface area contributed by atoms with Crippen LogP contribution >= 0.6 is 24.4 Å². The summed E-state index contributed by atoms with van der Waals surface area (Å²) in [6.45, 7) is 0. The molecule has 0 spiro atoms. The largest absolute Gasteiger partial charge is 0.179 e. The van der Waals surface area contributed by atoms with Gasteiger partial charge < -0.3 is 0 Å². The Morgan fingerprint density at radius 2 is 1.50 bits per heavy atom. The Morgan fingerprint density at radius 1 is 0.929 bits per heavy atom. The number of hydrogen-bond donors (Lipinski definition) is 1. The zero-order valence-corrected chi connectivity index (χ0v) is 10.4. The van der Waals surface area contributed by atoms with Crippen LogP contribution in [0.4, 0.5) is 0 Å². The van der Waals surface area contributed by atoms with Gasteiger partial charge in [0.1, 0.15) is 0 Å². The monoisotopic (exact) mass is 228 g/mol. The van der Waals surface area contributed by atoms with Gasteiger partial charge in [-0.05, 0) is 61.5 Å². The van der Waals surface area contributed by atoms with Gasteiger partial charge in [0, 0.05) is 11.0 Å². The Labute approximate surface area is 97.0 Å². The molecule has 0 aromatic carbocycles. The fourth-order valence-corrected chi connectivity index (χ4v) is 6.02. The topological polar surface area (TPSA) is 0 Å². The lowest BCUT2D eigenvalue weighted by Gasteiger charge is -2.54. The van der Waals surface area contributed by atoms with Crippen molar-refractivity contribution in [1.82, 2.24) is 0 Å². The molecule has 0 heterocycles. The van der Waals surface area contributed by atoms with Crippen LogP contribution < -0.4 is 0 Å². The third kappa shape index (κ3) is 1.63. The van der Waals surface area contributed by atoms with E-state index in [-0.39, 0.29) is 0 Å². The van der Waals surface area contributed by atoms with Crippen LogP contribution in [0.25, 0.3) is 0 Å². The second kappa shape index (κ2) is 3.93. The van der Waals surface area contributed by atoms with Gasteiger partial charge in [-0.1, -0.05) is 0 Å². The minimum Gasteiger partial charge on any atom is -0.179 e. The quantitative estimate of drug-likeness (QED) is 0.722. The van der Waals surface area contributed by atoms with E-state index in [1.54, 1.807) is 32.1 Å². The van der Waals surface area contributed by atoms with E-state index in [0.29, 0.717) is 0 Å². The summed E-state index contributed by atoms with van der Waals surface area (Å²) >= 11 is 6.57. The Morgan fingerprint density at radius 3 is 2.00 bits per heavy atom. The second-order valence-electron chi connectivity index (χ2n) is 5.49. The number of thioether (sulfide) groups is 1. The first-order valence-electron chi connectivity index (χ1n) is 6.09. The summed E-state index contributed by atoms with van der Waals surface area (Å²) in [5.41, 5.74) is 0. The zero-order valence-electron chi connectivity index (χ0n) is 8.69. The second-order valence-corrected chi connectivity index (χ2v) is 7.22. The van der Waals surface area contributed by atoms with Crippen molar-refractivity contribution in [3.63, 3.8) is 0 Å². The van der Waals surface area contributed by atoms with Crippen molar-refractivity contribution in [2.75, 3.05) is 11.5 Å². The van der Waals surface area contributed by atoms with Crippen LogP contribution in [0.15, 0.2) is 0 Å². The Kier molecular flexibility index (Phi) is 2.78. The lowest BCUT2D eigenvalue weighted by atomic mass is 9.56. The predicted molar refractivity (Wildman–Crippen MR) is 67.1 cm³/mol. The molecule has 80 valence electrons. The Balaban J connectivity index is 1.69. The Bertz CT molecular complexity index is 186. The van der Waals surface area contributed by atoms with E-state index < -0.39 is 0 Å².